The normalized spacial score (nSPS) is 33.4. The fourth-order valence-corrected chi connectivity index (χ4v) is 12.0. The third-order valence-corrected chi connectivity index (χ3v) is 15.5. The molecule has 4 aliphatic rings. The smallest absolute Gasteiger partial charge is 0.241 e. The Balaban J connectivity index is 1.15. The number of H-pyrrole nitrogens is 1. The van der Waals surface area contributed by atoms with E-state index in [1.165, 1.54) is 22.3 Å². The number of likely N-dealkylation sites (N-methyl/N-ethyl adjacent to an activating group) is 1. The summed E-state index contributed by atoms with van der Waals surface area (Å²) in [6, 6.07) is 12.3. The maximum atomic E-state index is 15.2. The summed E-state index contributed by atoms with van der Waals surface area (Å²) in [7, 11) is 3.65. The molecule has 9 heteroatoms. The first kappa shape index (κ1) is 36.7. The van der Waals surface area contributed by atoms with E-state index in [0.717, 1.165) is 81.3 Å². The van der Waals surface area contributed by atoms with E-state index in [1.807, 2.05) is 19.2 Å². The number of hydrogen-bond donors (Lipinski definition) is 5. The van der Waals surface area contributed by atoms with E-state index >= 15 is 4.79 Å². The van der Waals surface area contributed by atoms with Gasteiger partial charge in [-0.15, -0.1) is 0 Å². The van der Waals surface area contributed by atoms with Crippen molar-refractivity contribution in [1.82, 2.24) is 20.2 Å². The van der Waals surface area contributed by atoms with Crippen LogP contribution in [0.1, 0.15) is 114 Å². The zero-order chi connectivity index (χ0) is 37.3. The number of benzene rings is 2. The minimum absolute atomic E-state index is 0.0472. The van der Waals surface area contributed by atoms with Crippen molar-refractivity contribution in [2.24, 2.45) is 22.2 Å². The van der Waals surface area contributed by atoms with Crippen LogP contribution in [0.25, 0.3) is 0 Å². The van der Waals surface area contributed by atoms with Crippen molar-refractivity contribution in [3.8, 4) is 0 Å². The fourth-order valence-electron chi connectivity index (χ4n) is 12.0. The Labute approximate surface area is 309 Å². The van der Waals surface area contributed by atoms with Crippen LogP contribution in [0.2, 0.25) is 0 Å². The molecule has 0 saturated heterocycles. The Kier molecular flexibility index (Phi) is 9.17. The number of amides is 2. The number of imidazole rings is 1. The van der Waals surface area contributed by atoms with Crippen molar-refractivity contribution in [3.05, 3.63) is 76.9 Å². The molecule has 0 aliphatic heterocycles. The van der Waals surface area contributed by atoms with Gasteiger partial charge in [-0.05, 0) is 127 Å². The molecule has 6 N–H and O–H groups in total. The molecule has 8 atom stereocenters. The highest BCUT2D eigenvalue weighted by atomic mass is 16.3. The summed E-state index contributed by atoms with van der Waals surface area (Å²) in [6.07, 6.45) is 12.3. The molecule has 1 aromatic heterocycles. The summed E-state index contributed by atoms with van der Waals surface area (Å²) >= 11 is 0. The molecule has 2 amide bonds. The zero-order valence-electron chi connectivity index (χ0n) is 32.4. The van der Waals surface area contributed by atoms with E-state index < -0.39 is 23.1 Å². The van der Waals surface area contributed by atoms with Crippen molar-refractivity contribution in [3.63, 3.8) is 0 Å². The standard InChI is InChI=1S/C43H60N6O3/c1-39-17-8-18-40(2,35(39)15-12-27-10-13-29(44)22-32(27)39)37(51)49(7)38(52)42(4)20-9-19-41(3)33-23-30(14-11-28(33)16-21-43(41,42)5)48-36(50)34(45-6)24-31-25-46-26-47-31/h10-11,13-14,22-23,25-26,34-35,37,45,51H,8-9,12,15-21,24,44H2,1-7H3,(H,46,47)(H,48,50)/t34-,35+,37?,39+,40-,41+,42+,43+/m0/s1. The second-order valence-electron chi connectivity index (χ2n) is 17.9. The summed E-state index contributed by atoms with van der Waals surface area (Å²) in [5.74, 6) is 0.175. The van der Waals surface area contributed by atoms with Gasteiger partial charge in [0, 0.05) is 42.1 Å². The molecule has 280 valence electrons. The zero-order valence-corrected chi connectivity index (χ0v) is 32.4. The van der Waals surface area contributed by atoms with Crippen molar-refractivity contribution >= 4 is 23.2 Å². The van der Waals surface area contributed by atoms with Gasteiger partial charge in [0.15, 0.2) is 0 Å². The van der Waals surface area contributed by atoms with Gasteiger partial charge in [-0.25, -0.2) is 4.98 Å². The van der Waals surface area contributed by atoms with E-state index in [-0.39, 0.29) is 34.0 Å². The largest absolute Gasteiger partial charge is 0.399 e. The molecular formula is C43H60N6O3. The van der Waals surface area contributed by atoms with Gasteiger partial charge < -0.3 is 31.4 Å². The number of fused-ring (bicyclic) bond motifs is 6. The number of anilines is 2. The summed E-state index contributed by atoms with van der Waals surface area (Å²) in [5, 5.41) is 18.8. The lowest BCUT2D eigenvalue weighted by Crippen LogP contribution is -2.65. The Morgan fingerprint density at radius 1 is 0.981 bits per heavy atom. The van der Waals surface area contributed by atoms with Crippen LogP contribution in [-0.4, -0.2) is 58.2 Å². The van der Waals surface area contributed by atoms with Crippen LogP contribution in [0, 0.1) is 22.2 Å². The Bertz CT molecular complexity index is 1840. The van der Waals surface area contributed by atoms with E-state index in [2.05, 4.69) is 79.5 Å². The summed E-state index contributed by atoms with van der Waals surface area (Å²) in [4.78, 5) is 37.5. The minimum atomic E-state index is -0.902. The first-order chi connectivity index (χ1) is 24.6. The Hall–Kier alpha value is -3.69. The topological polar surface area (TPSA) is 136 Å². The minimum Gasteiger partial charge on any atom is -0.399 e. The summed E-state index contributed by atoms with van der Waals surface area (Å²) in [5.41, 5.74) is 12.1. The SMILES string of the molecule is CN[C@@H](Cc1cnc[nH]1)C(=O)Nc1ccc2c(c1)[C@@]1(C)CCC[C@](C)(C(=O)N(C)C(O)[C@@]3(C)CCC[C@]4(C)c5cc(N)ccc5CC[C@H]43)[C@]1(C)CC2. The lowest BCUT2D eigenvalue weighted by Gasteiger charge is -2.63. The Morgan fingerprint density at radius 2 is 1.71 bits per heavy atom. The molecule has 2 fully saturated rings. The van der Waals surface area contributed by atoms with Gasteiger partial charge in [0.05, 0.1) is 17.8 Å². The van der Waals surface area contributed by atoms with Crippen LogP contribution in [-0.2, 0) is 39.7 Å². The molecule has 3 aromatic rings. The van der Waals surface area contributed by atoms with Crippen LogP contribution in [0.5, 0.6) is 0 Å². The van der Waals surface area contributed by atoms with E-state index in [1.54, 1.807) is 24.5 Å². The van der Waals surface area contributed by atoms with Gasteiger partial charge in [0.25, 0.3) is 0 Å². The van der Waals surface area contributed by atoms with Crippen molar-refractivity contribution < 1.29 is 14.7 Å². The molecule has 7 rings (SSSR count). The molecule has 2 aromatic carbocycles. The summed E-state index contributed by atoms with van der Waals surface area (Å²) in [6.45, 7) is 11.4. The third kappa shape index (κ3) is 5.43. The number of aromatic amines is 1. The van der Waals surface area contributed by atoms with Gasteiger partial charge in [-0.3, -0.25) is 9.59 Å². The number of rotatable bonds is 8. The summed E-state index contributed by atoms with van der Waals surface area (Å²) < 4.78 is 0. The molecule has 1 unspecified atom stereocenters. The van der Waals surface area contributed by atoms with Crippen LogP contribution < -0.4 is 16.4 Å². The molecule has 2 saturated carbocycles. The second kappa shape index (κ2) is 13.0. The molecular weight excluding hydrogens is 649 g/mol. The maximum absolute atomic E-state index is 15.2. The molecule has 9 nitrogen and oxygen atoms in total. The number of carbonyl (C=O) groups excluding carboxylic acids is 2. The van der Waals surface area contributed by atoms with Crippen molar-refractivity contribution in [2.45, 2.75) is 128 Å². The van der Waals surface area contributed by atoms with Crippen LogP contribution in [0.15, 0.2) is 48.9 Å². The van der Waals surface area contributed by atoms with Gasteiger partial charge >= 0.3 is 0 Å². The van der Waals surface area contributed by atoms with Gasteiger partial charge in [0.2, 0.25) is 11.8 Å². The quantitative estimate of drug-likeness (QED) is 0.131. The lowest BCUT2D eigenvalue weighted by molar-refractivity contribution is -0.187. The monoisotopic (exact) mass is 708 g/mol. The number of aromatic nitrogens is 2. The number of aliphatic hydroxyl groups excluding tert-OH is 1. The van der Waals surface area contributed by atoms with Crippen LogP contribution >= 0.6 is 0 Å². The molecule has 0 spiro atoms. The number of nitrogen functional groups attached to an aromatic ring is 1. The first-order valence-electron chi connectivity index (χ1n) is 19.5. The van der Waals surface area contributed by atoms with E-state index in [0.29, 0.717) is 6.42 Å². The number of carbonyl (C=O) groups is 2. The number of nitrogens with one attached hydrogen (secondary N) is 3. The number of hydrogen-bond acceptors (Lipinski definition) is 6. The van der Waals surface area contributed by atoms with Crippen molar-refractivity contribution in [2.75, 3.05) is 25.1 Å². The van der Waals surface area contributed by atoms with Crippen LogP contribution in [0.3, 0.4) is 0 Å². The van der Waals surface area contributed by atoms with Crippen molar-refractivity contribution in [1.29, 1.82) is 0 Å². The molecule has 4 aliphatic carbocycles. The number of nitrogens with zero attached hydrogens (tertiary/aromatic N) is 2. The second-order valence-corrected chi connectivity index (χ2v) is 17.9. The number of nitrogens with two attached hydrogens (primary N) is 1. The molecule has 0 bridgehead atoms. The van der Waals surface area contributed by atoms with Crippen LogP contribution in [0.4, 0.5) is 11.4 Å². The number of aliphatic hydroxyl groups is 1. The average Bonchev–Trinajstić information content (AvgIpc) is 3.64. The molecule has 52 heavy (non-hydrogen) atoms. The average molecular weight is 709 g/mol. The highest BCUT2D eigenvalue weighted by Gasteiger charge is 2.64. The van der Waals surface area contributed by atoms with E-state index in [9.17, 15) is 9.90 Å². The lowest BCUT2D eigenvalue weighted by atomic mass is 9.41. The Morgan fingerprint density at radius 3 is 2.44 bits per heavy atom. The molecule has 1 heterocycles. The maximum Gasteiger partial charge on any atom is 0.241 e. The third-order valence-electron chi connectivity index (χ3n) is 15.5. The fraction of sp³-hybridized carbons (Fsp3) is 0.605. The molecule has 0 radical (unpaired) electrons. The van der Waals surface area contributed by atoms with Gasteiger partial charge in [0.1, 0.15) is 6.23 Å². The van der Waals surface area contributed by atoms with Gasteiger partial charge in [-0.1, -0.05) is 59.6 Å². The number of aryl methyl sites for hydroxylation is 2. The van der Waals surface area contributed by atoms with Gasteiger partial charge in [-0.2, -0.15) is 0 Å². The first-order valence-corrected chi connectivity index (χ1v) is 19.5. The predicted octanol–water partition coefficient (Wildman–Crippen LogP) is 6.65. The highest BCUT2D eigenvalue weighted by Crippen LogP contribution is 2.66. The predicted molar refractivity (Wildman–Crippen MR) is 207 cm³/mol. The van der Waals surface area contributed by atoms with E-state index in [4.69, 9.17) is 5.73 Å². The highest BCUT2D eigenvalue weighted by molar-refractivity contribution is 5.95.